The summed E-state index contributed by atoms with van der Waals surface area (Å²) in [5, 5.41) is 11.8. The van der Waals surface area contributed by atoms with Crippen molar-refractivity contribution in [3.63, 3.8) is 0 Å². The predicted octanol–water partition coefficient (Wildman–Crippen LogP) is -0.0284. The van der Waals surface area contributed by atoms with Gasteiger partial charge in [0.25, 0.3) is 17.7 Å². The number of likely N-dealkylation sites (N-methyl/N-ethyl adjacent to an activating group) is 1. The minimum absolute atomic E-state index is 0.0349. The van der Waals surface area contributed by atoms with Crippen molar-refractivity contribution < 1.29 is 19.5 Å². The Balaban J connectivity index is 1.82. The van der Waals surface area contributed by atoms with Crippen LogP contribution < -0.4 is 5.32 Å². The van der Waals surface area contributed by atoms with Crippen LogP contribution in [0.15, 0.2) is 30.0 Å². The van der Waals surface area contributed by atoms with Gasteiger partial charge in [-0.15, -0.1) is 0 Å². The molecule has 3 rings (SSSR count). The number of β-amino-alcohol motifs (C(OH)–C–C–N with tert-alkyl or cyclic N) is 1. The van der Waals surface area contributed by atoms with Crippen LogP contribution in [0.25, 0.3) is 0 Å². The molecule has 23 heavy (non-hydrogen) atoms. The molecule has 0 fully saturated rings. The first-order valence-corrected chi connectivity index (χ1v) is 7.35. The molecule has 0 spiro atoms. The molecule has 0 atom stereocenters. The van der Waals surface area contributed by atoms with E-state index in [1.54, 1.807) is 24.1 Å². The fourth-order valence-electron chi connectivity index (χ4n) is 2.73. The summed E-state index contributed by atoms with van der Waals surface area (Å²) in [6.45, 7) is 0.373. The van der Waals surface area contributed by atoms with Crippen molar-refractivity contribution in [1.29, 1.82) is 0 Å². The molecule has 1 aromatic carbocycles. The van der Waals surface area contributed by atoms with Crippen molar-refractivity contribution in [3.8, 4) is 0 Å². The summed E-state index contributed by atoms with van der Waals surface area (Å²) in [5.41, 5.74) is 2.29. The van der Waals surface area contributed by atoms with E-state index in [1.807, 2.05) is 6.07 Å². The average Bonchev–Trinajstić information content (AvgIpc) is 2.79. The minimum Gasteiger partial charge on any atom is -0.395 e. The number of fused-ring (bicyclic) bond motifs is 1. The summed E-state index contributed by atoms with van der Waals surface area (Å²) in [6.07, 6.45) is 1.99. The van der Waals surface area contributed by atoms with Gasteiger partial charge in [-0.1, -0.05) is 6.07 Å². The van der Waals surface area contributed by atoms with Crippen molar-refractivity contribution in [2.75, 3.05) is 32.1 Å². The third-order valence-electron chi connectivity index (χ3n) is 4.02. The van der Waals surface area contributed by atoms with Gasteiger partial charge in [0.15, 0.2) is 0 Å². The molecule has 2 N–H and O–H groups in total. The topological polar surface area (TPSA) is 89.9 Å². The Labute approximate surface area is 133 Å². The second-order valence-corrected chi connectivity index (χ2v) is 5.55. The molecule has 0 aliphatic carbocycles. The molecule has 0 unspecified atom stereocenters. The van der Waals surface area contributed by atoms with E-state index in [-0.39, 0.29) is 24.8 Å². The molecule has 2 aliphatic rings. The maximum absolute atomic E-state index is 12.2. The van der Waals surface area contributed by atoms with Crippen LogP contribution in [-0.2, 0) is 16.0 Å². The Kier molecular flexibility index (Phi) is 3.87. The number of nitrogens with zero attached hydrogens (tertiary/aromatic N) is 2. The molecule has 0 saturated heterocycles. The zero-order chi connectivity index (χ0) is 16.6. The summed E-state index contributed by atoms with van der Waals surface area (Å²) in [6, 6.07) is 5.33. The number of anilines is 1. The van der Waals surface area contributed by atoms with Crippen molar-refractivity contribution in [2.24, 2.45) is 0 Å². The van der Waals surface area contributed by atoms with E-state index in [4.69, 9.17) is 5.11 Å². The van der Waals surface area contributed by atoms with Crippen LogP contribution in [0.4, 0.5) is 5.69 Å². The highest BCUT2D eigenvalue weighted by molar-refractivity contribution is 6.17. The second kappa shape index (κ2) is 5.85. The van der Waals surface area contributed by atoms with Crippen molar-refractivity contribution in [3.05, 3.63) is 41.1 Å². The number of nitrogens with one attached hydrogen (secondary N) is 1. The van der Waals surface area contributed by atoms with Gasteiger partial charge in [-0.05, 0) is 24.1 Å². The summed E-state index contributed by atoms with van der Waals surface area (Å²) in [7, 11) is 1.75. The van der Waals surface area contributed by atoms with Crippen LogP contribution in [0, 0.1) is 0 Å². The first-order chi connectivity index (χ1) is 11.0. The average molecular weight is 315 g/mol. The zero-order valence-corrected chi connectivity index (χ0v) is 12.7. The minimum atomic E-state index is -0.481. The standard InChI is InChI=1S/C16H17N3O4/c1-18-5-4-10-2-3-11(8-12(10)15(18)22)17-13-9-14(21)19(6-7-20)16(13)23/h2-3,8-9,17,20H,4-7H2,1H3. The van der Waals surface area contributed by atoms with E-state index in [9.17, 15) is 14.4 Å². The number of hydrogen-bond acceptors (Lipinski definition) is 5. The van der Waals surface area contributed by atoms with Crippen LogP contribution in [0.3, 0.4) is 0 Å². The lowest BCUT2D eigenvalue weighted by molar-refractivity contribution is -0.137. The van der Waals surface area contributed by atoms with Gasteiger partial charge in [0.2, 0.25) is 0 Å². The van der Waals surface area contributed by atoms with Crippen LogP contribution in [0.1, 0.15) is 15.9 Å². The van der Waals surface area contributed by atoms with Crippen molar-refractivity contribution in [2.45, 2.75) is 6.42 Å². The normalized spacial score (nSPS) is 17.5. The number of aliphatic hydroxyl groups excluding tert-OH is 1. The van der Waals surface area contributed by atoms with Crippen LogP contribution >= 0.6 is 0 Å². The molecule has 3 amide bonds. The molecule has 0 radical (unpaired) electrons. The van der Waals surface area contributed by atoms with E-state index in [1.165, 1.54) is 6.08 Å². The third kappa shape index (κ3) is 2.70. The van der Waals surface area contributed by atoms with Gasteiger partial charge in [0.05, 0.1) is 13.2 Å². The summed E-state index contributed by atoms with van der Waals surface area (Å²) in [4.78, 5) is 38.6. The fourth-order valence-corrected chi connectivity index (χ4v) is 2.73. The molecule has 7 heteroatoms. The van der Waals surface area contributed by atoms with E-state index in [2.05, 4.69) is 5.32 Å². The SMILES string of the molecule is CN1CCc2ccc(NC3=CC(=O)N(CCO)C3=O)cc2C1=O. The molecule has 120 valence electrons. The monoisotopic (exact) mass is 315 g/mol. The van der Waals surface area contributed by atoms with E-state index >= 15 is 0 Å². The molecule has 2 aliphatic heterocycles. The lowest BCUT2D eigenvalue weighted by Gasteiger charge is -2.25. The van der Waals surface area contributed by atoms with E-state index < -0.39 is 11.8 Å². The fraction of sp³-hybridized carbons (Fsp3) is 0.312. The van der Waals surface area contributed by atoms with E-state index in [0.29, 0.717) is 17.8 Å². The first-order valence-electron chi connectivity index (χ1n) is 7.35. The highest BCUT2D eigenvalue weighted by atomic mass is 16.3. The second-order valence-electron chi connectivity index (χ2n) is 5.55. The third-order valence-corrected chi connectivity index (χ3v) is 4.02. The highest BCUT2D eigenvalue weighted by Gasteiger charge is 2.31. The quantitative estimate of drug-likeness (QED) is 0.762. The highest BCUT2D eigenvalue weighted by Crippen LogP contribution is 2.24. The molecule has 2 heterocycles. The Morgan fingerprint density at radius 3 is 2.74 bits per heavy atom. The number of aliphatic hydroxyl groups is 1. The smallest absolute Gasteiger partial charge is 0.277 e. The predicted molar refractivity (Wildman–Crippen MR) is 82.6 cm³/mol. The van der Waals surface area contributed by atoms with Crippen molar-refractivity contribution in [1.82, 2.24) is 9.80 Å². The van der Waals surface area contributed by atoms with Crippen LogP contribution in [0.2, 0.25) is 0 Å². The number of carbonyl (C=O) groups is 3. The molecule has 1 aromatic rings. The van der Waals surface area contributed by atoms with Gasteiger partial charge >= 0.3 is 0 Å². The number of carbonyl (C=O) groups excluding carboxylic acids is 3. The number of rotatable bonds is 4. The zero-order valence-electron chi connectivity index (χ0n) is 12.7. The Hall–Kier alpha value is -2.67. The number of benzene rings is 1. The molecule has 0 saturated carbocycles. The van der Waals surface area contributed by atoms with Crippen molar-refractivity contribution >= 4 is 23.4 Å². The van der Waals surface area contributed by atoms with Crippen LogP contribution in [-0.4, -0.2) is 59.4 Å². The summed E-state index contributed by atoms with van der Waals surface area (Å²) >= 11 is 0. The maximum atomic E-state index is 12.2. The van der Waals surface area contributed by atoms with Gasteiger partial charge in [0.1, 0.15) is 5.70 Å². The Morgan fingerprint density at radius 1 is 1.22 bits per heavy atom. The summed E-state index contributed by atoms with van der Waals surface area (Å²) in [5.74, 6) is -0.995. The van der Waals surface area contributed by atoms with Gasteiger partial charge < -0.3 is 15.3 Å². The summed E-state index contributed by atoms with van der Waals surface area (Å²) < 4.78 is 0. The van der Waals surface area contributed by atoms with Crippen LogP contribution in [0.5, 0.6) is 0 Å². The first kappa shape index (κ1) is 15.2. The maximum Gasteiger partial charge on any atom is 0.277 e. The van der Waals surface area contributed by atoms with Gasteiger partial charge in [-0.25, -0.2) is 0 Å². The molecule has 0 bridgehead atoms. The lowest BCUT2D eigenvalue weighted by Crippen LogP contribution is -2.35. The largest absolute Gasteiger partial charge is 0.395 e. The van der Waals surface area contributed by atoms with E-state index in [0.717, 1.165) is 16.9 Å². The lowest BCUT2D eigenvalue weighted by atomic mass is 9.98. The number of hydrogen-bond donors (Lipinski definition) is 2. The molecular formula is C16H17N3O4. The molecule has 0 aromatic heterocycles. The number of imide groups is 1. The Morgan fingerprint density at radius 2 is 2.00 bits per heavy atom. The molecular weight excluding hydrogens is 298 g/mol. The Bertz CT molecular complexity index is 726. The van der Waals surface area contributed by atoms with Gasteiger partial charge in [0, 0.05) is 30.9 Å². The number of amides is 3. The molecule has 7 nitrogen and oxygen atoms in total. The van der Waals surface area contributed by atoms with Gasteiger partial charge in [-0.2, -0.15) is 0 Å². The van der Waals surface area contributed by atoms with Gasteiger partial charge in [-0.3, -0.25) is 19.3 Å².